The van der Waals surface area contributed by atoms with E-state index in [-0.39, 0.29) is 23.1 Å². The second-order valence-electron chi connectivity index (χ2n) is 3.76. The normalized spacial score (nSPS) is 11.7. The first kappa shape index (κ1) is 13.8. The molecule has 0 heterocycles. The van der Waals surface area contributed by atoms with Gasteiger partial charge in [-0.2, -0.15) is 0 Å². The number of nitro groups is 1. The van der Waals surface area contributed by atoms with Crippen molar-refractivity contribution in [1.29, 1.82) is 0 Å². The summed E-state index contributed by atoms with van der Waals surface area (Å²) in [7, 11) is 1.55. The van der Waals surface area contributed by atoms with Crippen LogP contribution in [0.15, 0.2) is 18.2 Å². The summed E-state index contributed by atoms with van der Waals surface area (Å²) >= 11 is 0. The topological polar surface area (TPSA) is 92.9 Å². The molecular weight excluding hydrogens is 240 g/mol. The Hall–Kier alpha value is -2.31. The zero-order valence-corrected chi connectivity index (χ0v) is 10.3. The van der Waals surface area contributed by atoms with Crippen LogP contribution < -0.4 is 4.74 Å². The van der Waals surface area contributed by atoms with Gasteiger partial charge in [-0.15, -0.1) is 0 Å². The average Bonchev–Trinajstić information content (AvgIpc) is 2.30. The molecule has 0 spiro atoms. The number of carbonyl (C=O) groups is 1. The molecule has 0 fully saturated rings. The van der Waals surface area contributed by atoms with E-state index in [0.717, 1.165) is 6.07 Å². The van der Waals surface area contributed by atoms with Crippen LogP contribution in [0, 0.1) is 10.1 Å². The zero-order chi connectivity index (χ0) is 13.9. The molecule has 1 aromatic carbocycles. The van der Waals surface area contributed by atoms with E-state index in [0.29, 0.717) is 0 Å². The molecule has 0 radical (unpaired) electrons. The van der Waals surface area contributed by atoms with Crippen molar-refractivity contribution < 1.29 is 19.6 Å². The van der Waals surface area contributed by atoms with Crippen LogP contribution in [-0.4, -0.2) is 34.1 Å². The van der Waals surface area contributed by atoms with Gasteiger partial charge in [-0.25, -0.2) is 0 Å². The number of amides is 1. The van der Waals surface area contributed by atoms with E-state index >= 15 is 0 Å². The molecule has 1 N–H and O–H groups in total. The molecule has 1 unspecified atom stereocenters. The van der Waals surface area contributed by atoms with Crippen LogP contribution >= 0.6 is 0 Å². The number of ether oxygens (including phenoxy) is 1. The summed E-state index contributed by atoms with van der Waals surface area (Å²) in [6.07, 6.45) is -0.588. The number of hydrogen-bond acceptors (Lipinski definition) is 5. The standard InChI is InChI=1S/C11H14N2O5/c1-7(14)12(3)8(2)18-11-5-4-9(13(16)17)6-10(11)15/h4-6,8,15H,1-3H3. The minimum Gasteiger partial charge on any atom is -0.504 e. The van der Waals surface area contributed by atoms with Crippen molar-refractivity contribution in [2.45, 2.75) is 20.1 Å². The molecule has 0 saturated carbocycles. The van der Waals surface area contributed by atoms with Crippen LogP contribution in [0.3, 0.4) is 0 Å². The number of nitrogens with zero attached hydrogens (tertiary/aromatic N) is 2. The van der Waals surface area contributed by atoms with E-state index in [2.05, 4.69) is 0 Å². The number of phenolic OH excluding ortho intramolecular Hbond substituents is 1. The van der Waals surface area contributed by atoms with Gasteiger partial charge in [0.25, 0.3) is 5.69 Å². The third-order valence-corrected chi connectivity index (χ3v) is 2.49. The Bertz CT molecular complexity index is 475. The summed E-state index contributed by atoms with van der Waals surface area (Å²) in [5, 5.41) is 20.1. The fourth-order valence-corrected chi connectivity index (χ4v) is 1.24. The number of non-ortho nitro benzene ring substituents is 1. The minimum absolute atomic E-state index is 0.0844. The zero-order valence-electron chi connectivity index (χ0n) is 10.3. The highest BCUT2D eigenvalue weighted by Crippen LogP contribution is 2.30. The van der Waals surface area contributed by atoms with Crippen LogP contribution in [0.2, 0.25) is 0 Å². The first-order chi connectivity index (χ1) is 8.32. The van der Waals surface area contributed by atoms with Crippen LogP contribution in [0.4, 0.5) is 5.69 Å². The lowest BCUT2D eigenvalue weighted by Gasteiger charge is -2.24. The van der Waals surface area contributed by atoms with E-state index in [1.165, 1.54) is 24.0 Å². The molecular formula is C11H14N2O5. The maximum atomic E-state index is 11.1. The van der Waals surface area contributed by atoms with Crippen LogP contribution in [0.1, 0.15) is 13.8 Å². The first-order valence-electron chi connectivity index (χ1n) is 5.20. The molecule has 1 aromatic rings. The van der Waals surface area contributed by atoms with E-state index in [4.69, 9.17) is 4.74 Å². The highest BCUT2D eigenvalue weighted by Gasteiger charge is 2.17. The first-order valence-corrected chi connectivity index (χ1v) is 5.20. The van der Waals surface area contributed by atoms with E-state index in [1.54, 1.807) is 14.0 Å². The van der Waals surface area contributed by atoms with Gasteiger partial charge in [-0.1, -0.05) is 0 Å². The Morgan fingerprint density at radius 3 is 2.61 bits per heavy atom. The van der Waals surface area contributed by atoms with Crippen molar-refractivity contribution in [3.8, 4) is 11.5 Å². The van der Waals surface area contributed by atoms with Crippen molar-refractivity contribution in [3.63, 3.8) is 0 Å². The molecule has 98 valence electrons. The Morgan fingerprint density at radius 1 is 1.56 bits per heavy atom. The maximum absolute atomic E-state index is 11.1. The van der Waals surface area contributed by atoms with E-state index in [9.17, 15) is 20.0 Å². The average molecular weight is 254 g/mol. The van der Waals surface area contributed by atoms with Gasteiger partial charge in [0.2, 0.25) is 5.91 Å². The van der Waals surface area contributed by atoms with Gasteiger partial charge >= 0.3 is 0 Å². The lowest BCUT2D eigenvalue weighted by molar-refractivity contribution is -0.385. The molecule has 0 saturated heterocycles. The van der Waals surface area contributed by atoms with Crippen LogP contribution in [0.25, 0.3) is 0 Å². The van der Waals surface area contributed by atoms with Crippen molar-refractivity contribution in [2.75, 3.05) is 7.05 Å². The van der Waals surface area contributed by atoms with Gasteiger partial charge in [-0.3, -0.25) is 14.9 Å². The summed E-state index contributed by atoms with van der Waals surface area (Å²) in [4.78, 5) is 22.3. The Kier molecular flexibility index (Phi) is 4.09. The minimum atomic E-state index is -0.616. The monoisotopic (exact) mass is 254 g/mol. The largest absolute Gasteiger partial charge is 0.504 e. The molecule has 0 bridgehead atoms. The molecule has 0 aliphatic rings. The number of phenols is 1. The fourth-order valence-electron chi connectivity index (χ4n) is 1.24. The Balaban J connectivity index is 2.86. The molecule has 18 heavy (non-hydrogen) atoms. The fraction of sp³-hybridized carbons (Fsp3) is 0.364. The molecule has 1 amide bonds. The quantitative estimate of drug-likeness (QED) is 0.499. The number of aromatic hydroxyl groups is 1. The van der Waals surface area contributed by atoms with Crippen LogP contribution in [-0.2, 0) is 4.79 Å². The van der Waals surface area contributed by atoms with E-state index < -0.39 is 11.2 Å². The predicted molar refractivity (Wildman–Crippen MR) is 63.3 cm³/mol. The SMILES string of the molecule is CC(=O)N(C)C(C)Oc1ccc([N+](=O)[O-])cc1O. The predicted octanol–water partition coefficient (Wildman–Crippen LogP) is 1.50. The van der Waals surface area contributed by atoms with Crippen molar-refractivity contribution in [3.05, 3.63) is 28.3 Å². The number of carbonyl (C=O) groups excluding carboxylic acids is 1. The van der Waals surface area contributed by atoms with Gasteiger partial charge in [0, 0.05) is 20.0 Å². The van der Waals surface area contributed by atoms with Gasteiger partial charge in [0.05, 0.1) is 11.0 Å². The molecule has 1 rings (SSSR count). The smallest absolute Gasteiger partial charge is 0.273 e. The summed E-state index contributed by atoms with van der Waals surface area (Å²) in [5.74, 6) is -0.446. The van der Waals surface area contributed by atoms with E-state index in [1.807, 2.05) is 0 Å². The second-order valence-corrected chi connectivity index (χ2v) is 3.76. The lowest BCUT2D eigenvalue weighted by atomic mass is 10.3. The van der Waals surface area contributed by atoms with Crippen molar-refractivity contribution in [1.82, 2.24) is 4.90 Å². The molecule has 0 aliphatic heterocycles. The van der Waals surface area contributed by atoms with Crippen LogP contribution in [0.5, 0.6) is 11.5 Å². The Morgan fingerprint density at radius 2 is 2.17 bits per heavy atom. The summed E-state index contributed by atoms with van der Waals surface area (Å²) in [5.41, 5.74) is -0.229. The highest BCUT2D eigenvalue weighted by molar-refractivity contribution is 5.73. The van der Waals surface area contributed by atoms with Gasteiger partial charge in [0.1, 0.15) is 0 Å². The molecule has 0 aromatic heterocycles. The summed E-state index contributed by atoms with van der Waals surface area (Å²) in [6.45, 7) is 3.01. The molecule has 1 atom stereocenters. The Labute approximate surface area is 104 Å². The highest BCUT2D eigenvalue weighted by atomic mass is 16.6. The van der Waals surface area contributed by atoms with Gasteiger partial charge < -0.3 is 14.7 Å². The van der Waals surface area contributed by atoms with Crippen molar-refractivity contribution in [2.24, 2.45) is 0 Å². The molecule has 0 aliphatic carbocycles. The molecule has 7 heteroatoms. The maximum Gasteiger partial charge on any atom is 0.273 e. The number of nitro benzene ring substituents is 1. The second kappa shape index (κ2) is 5.35. The molecule has 7 nitrogen and oxygen atoms in total. The van der Waals surface area contributed by atoms with Crippen molar-refractivity contribution >= 4 is 11.6 Å². The summed E-state index contributed by atoms with van der Waals surface area (Å²) < 4.78 is 5.34. The van der Waals surface area contributed by atoms with Gasteiger partial charge in [-0.05, 0) is 13.0 Å². The number of rotatable bonds is 4. The van der Waals surface area contributed by atoms with Gasteiger partial charge in [0.15, 0.2) is 17.7 Å². The number of hydrogen-bond donors (Lipinski definition) is 1. The number of benzene rings is 1. The third kappa shape index (κ3) is 3.09. The third-order valence-electron chi connectivity index (χ3n) is 2.49. The lowest BCUT2D eigenvalue weighted by Crippen LogP contribution is -2.37. The summed E-state index contributed by atoms with van der Waals surface area (Å²) in [6, 6.07) is 3.50.